The first kappa shape index (κ1) is 33.4. The van der Waals surface area contributed by atoms with Gasteiger partial charge in [0.05, 0.1) is 24.2 Å². The van der Waals surface area contributed by atoms with Crippen molar-refractivity contribution in [2.75, 3.05) is 26.3 Å². The molecule has 246 valence electrons. The summed E-state index contributed by atoms with van der Waals surface area (Å²) >= 11 is 0. The third-order valence-corrected chi connectivity index (χ3v) is 9.50. The second-order valence-corrected chi connectivity index (χ2v) is 12.4. The number of piperidine rings is 1. The van der Waals surface area contributed by atoms with Crippen LogP contribution >= 0.6 is 0 Å². The summed E-state index contributed by atoms with van der Waals surface area (Å²) in [6.07, 6.45) is 7.09. The molecule has 3 aromatic rings. The minimum absolute atomic E-state index is 0.180. The molecule has 1 amide bonds. The van der Waals surface area contributed by atoms with E-state index < -0.39 is 6.10 Å². The molecule has 1 aliphatic heterocycles. The number of hydrogen-bond acceptors (Lipinski definition) is 7. The fourth-order valence-corrected chi connectivity index (χ4v) is 6.95. The molecule has 9 nitrogen and oxygen atoms in total. The fraction of sp³-hybridized carbons (Fsp3) is 0.514. The van der Waals surface area contributed by atoms with Crippen molar-refractivity contribution in [1.29, 1.82) is 0 Å². The summed E-state index contributed by atoms with van der Waals surface area (Å²) < 4.78 is 13.5. The van der Waals surface area contributed by atoms with Gasteiger partial charge in [-0.1, -0.05) is 32.9 Å². The number of benzene rings is 1. The summed E-state index contributed by atoms with van der Waals surface area (Å²) in [6, 6.07) is 12.5. The van der Waals surface area contributed by atoms with Gasteiger partial charge in [0.25, 0.3) is 5.91 Å². The molecular weight excluding hydrogens is 580 g/mol. The number of ether oxygens (including phenoxy) is 2. The van der Waals surface area contributed by atoms with E-state index in [1.165, 1.54) is 29.2 Å². The molecule has 9 heteroatoms. The number of pyridine rings is 1. The summed E-state index contributed by atoms with van der Waals surface area (Å²) in [5.74, 6) is 1.77. The molecule has 46 heavy (non-hydrogen) atoms. The van der Waals surface area contributed by atoms with Gasteiger partial charge in [0.15, 0.2) is 5.82 Å². The number of amides is 1. The van der Waals surface area contributed by atoms with Crippen molar-refractivity contribution in [3.05, 3.63) is 76.2 Å². The van der Waals surface area contributed by atoms with E-state index in [0.29, 0.717) is 55.9 Å². The maximum Gasteiger partial charge on any atom is 0.341 e. The molecule has 0 bridgehead atoms. The largest absolute Gasteiger partial charge is 0.489 e. The van der Waals surface area contributed by atoms with Gasteiger partial charge in [-0.25, -0.2) is 14.5 Å². The van der Waals surface area contributed by atoms with Crippen LogP contribution < -0.4 is 4.74 Å². The van der Waals surface area contributed by atoms with Crippen LogP contribution in [-0.4, -0.2) is 69.1 Å². The van der Waals surface area contributed by atoms with Crippen molar-refractivity contribution < 1.29 is 24.2 Å². The molecule has 2 aliphatic rings. The monoisotopic (exact) mass is 628 g/mol. The fourth-order valence-electron chi connectivity index (χ4n) is 6.95. The molecule has 1 aromatic carbocycles. The Morgan fingerprint density at radius 3 is 2.54 bits per heavy atom. The van der Waals surface area contributed by atoms with Crippen LogP contribution in [0.4, 0.5) is 0 Å². The highest BCUT2D eigenvalue weighted by Gasteiger charge is 2.28. The van der Waals surface area contributed by atoms with Gasteiger partial charge in [-0.2, -0.15) is 5.10 Å². The zero-order valence-corrected chi connectivity index (χ0v) is 27.9. The van der Waals surface area contributed by atoms with Gasteiger partial charge in [-0.15, -0.1) is 0 Å². The van der Waals surface area contributed by atoms with Crippen molar-refractivity contribution in [3.63, 3.8) is 0 Å². The highest BCUT2D eigenvalue weighted by Crippen LogP contribution is 2.37. The topological polar surface area (TPSA) is 107 Å². The van der Waals surface area contributed by atoms with E-state index in [1.54, 1.807) is 22.7 Å². The van der Waals surface area contributed by atoms with Gasteiger partial charge in [0.1, 0.15) is 24.0 Å². The van der Waals surface area contributed by atoms with Crippen LogP contribution in [0.2, 0.25) is 0 Å². The standard InChI is InChI=1S/C37H48N4O5/c1-6-26-21-28(15-16-29(26)27-17-19-40(20-18-27)36(43)25(5)42)46-23-32-24(4)11-9-12-30(32)33-13-10-14-35(39-33)41-34(7-2)31(22-38-41)37(44)45-8-3/h10,13-16,21-22,24-25,27,42H,6-9,11-12,17-20,23H2,1-5H3/t24?,25-/m0/s1. The van der Waals surface area contributed by atoms with Crippen LogP contribution in [0.1, 0.15) is 106 Å². The summed E-state index contributed by atoms with van der Waals surface area (Å²) in [5.41, 5.74) is 7.30. The van der Waals surface area contributed by atoms with Crippen LogP contribution in [0.5, 0.6) is 5.75 Å². The number of aliphatic hydroxyl groups excluding tert-OH is 1. The number of hydrogen-bond donors (Lipinski definition) is 1. The summed E-state index contributed by atoms with van der Waals surface area (Å²) in [5, 5.41) is 14.2. The van der Waals surface area contributed by atoms with Gasteiger partial charge in [0.2, 0.25) is 0 Å². The number of esters is 1. The van der Waals surface area contributed by atoms with Gasteiger partial charge in [0, 0.05) is 13.1 Å². The van der Waals surface area contributed by atoms with E-state index >= 15 is 0 Å². The minimum atomic E-state index is -0.947. The van der Waals surface area contributed by atoms with E-state index in [2.05, 4.69) is 43.2 Å². The van der Waals surface area contributed by atoms with E-state index in [4.69, 9.17) is 14.5 Å². The lowest BCUT2D eigenvalue weighted by molar-refractivity contribution is -0.140. The van der Waals surface area contributed by atoms with Crippen molar-refractivity contribution in [2.45, 2.75) is 91.6 Å². The molecule has 2 atom stereocenters. The molecule has 0 spiro atoms. The maximum absolute atomic E-state index is 12.5. The molecule has 5 rings (SSSR count). The zero-order valence-electron chi connectivity index (χ0n) is 27.9. The van der Waals surface area contributed by atoms with E-state index in [1.807, 2.05) is 19.1 Å². The number of carbonyl (C=O) groups is 2. The Bertz CT molecular complexity index is 1570. The average molecular weight is 629 g/mol. The zero-order chi connectivity index (χ0) is 32.8. The molecule has 0 radical (unpaired) electrons. The Morgan fingerprint density at radius 1 is 1.07 bits per heavy atom. The number of carbonyl (C=O) groups excluding carboxylic acids is 2. The predicted molar refractivity (Wildman–Crippen MR) is 178 cm³/mol. The van der Waals surface area contributed by atoms with E-state index in [-0.39, 0.29) is 11.9 Å². The Balaban J connectivity index is 1.35. The number of nitrogens with zero attached hydrogens (tertiary/aromatic N) is 4. The second-order valence-electron chi connectivity index (χ2n) is 12.4. The number of allylic oxidation sites excluding steroid dienone is 1. The lowest BCUT2D eigenvalue weighted by Gasteiger charge is -2.33. The number of aryl methyl sites for hydroxylation is 1. The van der Waals surface area contributed by atoms with Gasteiger partial charge in [-0.05, 0) is 117 Å². The molecule has 0 saturated carbocycles. The molecule has 1 aliphatic carbocycles. The molecular formula is C37H48N4O5. The lowest BCUT2D eigenvalue weighted by atomic mass is 9.82. The van der Waals surface area contributed by atoms with Crippen LogP contribution in [-0.2, 0) is 22.4 Å². The van der Waals surface area contributed by atoms with Crippen LogP contribution in [0.3, 0.4) is 0 Å². The summed E-state index contributed by atoms with van der Waals surface area (Å²) in [4.78, 5) is 31.6. The smallest absolute Gasteiger partial charge is 0.341 e. The third-order valence-electron chi connectivity index (χ3n) is 9.50. The molecule has 1 unspecified atom stereocenters. The average Bonchev–Trinajstić information content (AvgIpc) is 3.52. The minimum Gasteiger partial charge on any atom is -0.489 e. The predicted octanol–water partition coefficient (Wildman–Crippen LogP) is 6.31. The van der Waals surface area contributed by atoms with E-state index in [9.17, 15) is 14.7 Å². The van der Waals surface area contributed by atoms with Crippen molar-refractivity contribution in [1.82, 2.24) is 19.7 Å². The van der Waals surface area contributed by atoms with Crippen molar-refractivity contribution >= 4 is 17.4 Å². The normalized spacial score (nSPS) is 18.0. The quantitative estimate of drug-likeness (QED) is 0.248. The Hall–Kier alpha value is -3.98. The first-order valence-corrected chi connectivity index (χ1v) is 16.9. The van der Waals surface area contributed by atoms with E-state index in [0.717, 1.165) is 55.7 Å². The molecule has 3 heterocycles. The summed E-state index contributed by atoms with van der Waals surface area (Å²) in [6.45, 7) is 11.9. The maximum atomic E-state index is 12.5. The number of aromatic nitrogens is 3. The Morgan fingerprint density at radius 2 is 1.85 bits per heavy atom. The molecule has 1 saturated heterocycles. The van der Waals surface area contributed by atoms with Crippen LogP contribution in [0.15, 0.2) is 48.2 Å². The van der Waals surface area contributed by atoms with Crippen LogP contribution in [0.25, 0.3) is 11.4 Å². The third kappa shape index (κ3) is 7.20. The lowest BCUT2D eigenvalue weighted by Crippen LogP contribution is -2.42. The van der Waals surface area contributed by atoms with Crippen LogP contribution in [0, 0.1) is 5.92 Å². The number of aliphatic hydroxyl groups is 1. The van der Waals surface area contributed by atoms with Gasteiger partial charge >= 0.3 is 5.97 Å². The van der Waals surface area contributed by atoms with Gasteiger partial charge < -0.3 is 19.5 Å². The first-order chi connectivity index (χ1) is 22.2. The van der Waals surface area contributed by atoms with Gasteiger partial charge in [-0.3, -0.25) is 4.79 Å². The Kier molecular flexibility index (Phi) is 10.9. The highest BCUT2D eigenvalue weighted by molar-refractivity contribution is 5.90. The molecule has 2 aromatic heterocycles. The molecule has 1 fully saturated rings. The second kappa shape index (κ2) is 15.1. The summed E-state index contributed by atoms with van der Waals surface area (Å²) in [7, 11) is 0. The first-order valence-electron chi connectivity index (χ1n) is 16.9. The number of likely N-dealkylation sites (tertiary alicyclic amines) is 1. The molecule has 1 N–H and O–H groups in total. The number of rotatable bonds is 11. The SMILES string of the molecule is CCOC(=O)c1cnn(-c2cccc(C3=C(COc4ccc(C5CCN(C(=O)[C@H](C)O)CC5)c(CC)c4)C(C)CCC3)n2)c1CC. The van der Waals surface area contributed by atoms with Crippen molar-refractivity contribution in [2.24, 2.45) is 5.92 Å². The van der Waals surface area contributed by atoms with Crippen molar-refractivity contribution in [3.8, 4) is 11.6 Å². The Labute approximate surface area is 272 Å². The highest BCUT2D eigenvalue weighted by atomic mass is 16.5.